The van der Waals surface area contributed by atoms with Gasteiger partial charge in [-0.25, -0.2) is 13.1 Å². The van der Waals surface area contributed by atoms with Gasteiger partial charge in [0.1, 0.15) is 0 Å². The Bertz CT molecular complexity index is 779. The molecule has 0 aliphatic carbocycles. The first kappa shape index (κ1) is 16.1. The van der Waals surface area contributed by atoms with Gasteiger partial charge in [0.25, 0.3) is 0 Å². The minimum atomic E-state index is -3.92. The zero-order valence-corrected chi connectivity index (χ0v) is 12.2. The van der Waals surface area contributed by atoms with Gasteiger partial charge in [0.05, 0.1) is 9.82 Å². The number of nitrogens with zero attached hydrogens (tertiary/aromatic N) is 1. The summed E-state index contributed by atoms with van der Waals surface area (Å²) >= 11 is 0. The van der Waals surface area contributed by atoms with E-state index in [0.717, 1.165) is 17.7 Å². The number of rotatable bonds is 6. The van der Waals surface area contributed by atoms with Crippen LogP contribution >= 0.6 is 0 Å². The average molecular weight is 324 g/mol. The Balaban J connectivity index is 2.10. The minimum Gasteiger partial charge on any atom is -0.258 e. The van der Waals surface area contributed by atoms with E-state index in [4.69, 9.17) is 0 Å². The molecule has 2 aromatic rings. The molecule has 0 aromatic heterocycles. The zero-order valence-electron chi connectivity index (χ0n) is 11.4. The fraction of sp³-hybridized carbons (Fsp3) is 0.143. The molecule has 0 radical (unpaired) electrons. The van der Waals surface area contributed by atoms with E-state index >= 15 is 0 Å². The largest absolute Gasteiger partial charge is 0.306 e. The molecule has 0 aliphatic rings. The summed E-state index contributed by atoms with van der Waals surface area (Å²) in [4.78, 5) is 9.35. The Morgan fingerprint density at radius 2 is 1.82 bits per heavy atom. The van der Waals surface area contributed by atoms with Crippen LogP contribution in [-0.4, -0.2) is 19.9 Å². The number of nitro groups is 1. The Kier molecular flexibility index (Phi) is 4.84. The summed E-state index contributed by atoms with van der Waals surface area (Å²) in [5, 5.41) is 10.7. The van der Waals surface area contributed by atoms with Gasteiger partial charge in [-0.3, -0.25) is 10.1 Å². The molecule has 0 spiro atoms. The first-order chi connectivity index (χ1) is 10.4. The smallest absolute Gasteiger partial charge is 0.258 e. The highest BCUT2D eigenvalue weighted by atomic mass is 32.2. The predicted octanol–water partition coefficient (Wildman–Crippen LogP) is 2.25. The van der Waals surface area contributed by atoms with E-state index in [2.05, 4.69) is 4.72 Å². The van der Waals surface area contributed by atoms with E-state index in [1.165, 1.54) is 0 Å². The molecular weight excluding hydrogens is 311 g/mol. The average Bonchev–Trinajstić information content (AvgIpc) is 2.48. The summed E-state index contributed by atoms with van der Waals surface area (Å²) in [6, 6.07) is 11.7. The van der Waals surface area contributed by atoms with Crippen LogP contribution in [0.1, 0.15) is 5.56 Å². The Morgan fingerprint density at radius 1 is 1.14 bits per heavy atom. The molecular formula is C14H13FN2O4S. The molecule has 0 saturated heterocycles. The van der Waals surface area contributed by atoms with Crippen LogP contribution in [0.5, 0.6) is 0 Å². The van der Waals surface area contributed by atoms with Crippen molar-refractivity contribution in [2.75, 3.05) is 6.54 Å². The Morgan fingerprint density at radius 3 is 2.45 bits per heavy atom. The van der Waals surface area contributed by atoms with Crippen molar-refractivity contribution in [2.45, 2.75) is 11.3 Å². The standard InChI is InChI=1S/C14H13FN2O4S/c15-13-7-6-12(10-14(13)17(18)19)22(20,21)16-9-8-11-4-2-1-3-5-11/h1-7,10,16H,8-9H2. The SMILES string of the molecule is O=[N+]([O-])c1cc(S(=O)(=O)NCCc2ccccc2)ccc1F. The van der Waals surface area contributed by atoms with Gasteiger partial charge in [-0.2, -0.15) is 4.39 Å². The number of nitrogens with one attached hydrogen (secondary N) is 1. The molecule has 0 aliphatic heterocycles. The third-order valence-electron chi connectivity index (χ3n) is 2.97. The minimum absolute atomic E-state index is 0.136. The maximum absolute atomic E-state index is 13.2. The van der Waals surface area contributed by atoms with Crippen LogP contribution in [0.4, 0.5) is 10.1 Å². The fourth-order valence-corrected chi connectivity index (χ4v) is 2.91. The molecule has 0 bridgehead atoms. The van der Waals surface area contributed by atoms with Crippen LogP contribution in [0.25, 0.3) is 0 Å². The fourth-order valence-electron chi connectivity index (χ4n) is 1.86. The van der Waals surface area contributed by atoms with Crippen molar-refractivity contribution in [3.05, 3.63) is 70.0 Å². The molecule has 0 atom stereocenters. The zero-order chi connectivity index (χ0) is 16.2. The lowest BCUT2D eigenvalue weighted by Crippen LogP contribution is -2.26. The van der Waals surface area contributed by atoms with Gasteiger partial charge < -0.3 is 0 Å². The molecule has 0 fully saturated rings. The van der Waals surface area contributed by atoms with Crippen molar-refractivity contribution in [3.8, 4) is 0 Å². The summed E-state index contributed by atoms with van der Waals surface area (Å²) in [7, 11) is -3.92. The normalized spacial score (nSPS) is 11.3. The molecule has 0 unspecified atom stereocenters. The van der Waals surface area contributed by atoms with Gasteiger partial charge >= 0.3 is 5.69 Å². The number of benzene rings is 2. The summed E-state index contributed by atoms with van der Waals surface area (Å²) in [6.07, 6.45) is 0.476. The maximum atomic E-state index is 13.2. The first-order valence-electron chi connectivity index (χ1n) is 6.38. The number of nitro benzene ring substituents is 1. The molecule has 116 valence electrons. The van der Waals surface area contributed by atoms with Crippen LogP contribution in [0.15, 0.2) is 53.4 Å². The highest BCUT2D eigenvalue weighted by Crippen LogP contribution is 2.21. The van der Waals surface area contributed by atoms with E-state index in [1.807, 2.05) is 30.3 Å². The quantitative estimate of drug-likeness (QED) is 0.652. The second-order valence-electron chi connectivity index (χ2n) is 4.50. The molecule has 0 saturated carbocycles. The predicted molar refractivity (Wildman–Crippen MR) is 78.4 cm³/mol. The number of sulfonamides is 1. The summed E-state index contributed by atoms with van der Waals surface area (Å²) in [6.45, 7) is 0.136. The van der Waals surface area contributed by atoms with E-state index in [0.29, 0.717) is 12.5 Å². The maximum Gasteiger partial charge on any atom is 0.306 e. The lowest BCUT2D eigenvalue weighted by atomic mass is 10.2. The highest BCUT2D eigenvalue weighted by Gasteiger charge is 2.21. The van der Waals surface area contributed by atoms with Gasteiger partial charge in [0.15, 0.2) is 0 Å². The second kappa shape index (κ2) is 6.63. The van der Waals surface area contributed by atoms with Crippen LogP contribution in [0, 0.1) is 15.9 Å². The van der Waals surface area contributed by atoms with Gasteiger partial charge in [-0.05, 0) is 24.1 Å². The third kappa shape index (κ3) is 3.86. The molecule has 0 amide bonds. The number of halogens is 1. The molecule has 2 rings (SSSR count). The van der Waals surface area contributed by atoms with Crippen LogP contribution in [0.2, 0.25) is 0 Å². The van der Waals surface area contributed by atoms with Crippen molar-refractivity contribution in [3.63, 3.8) is 0 Å². The topological polar surface area (TPSA) is 89.3 Å². The monoisotopic (exact) mass is 324 g/mol. The van der Waals surface area contributed by atoms with E-state index in [1.54, 1.807) is 0 Å². The van der Waals surface area contributed by atoms with E-state index in [-0.39, 0.29) is 11.4 Å². The van der Waals surface area contributed by atoms with Crippen molar-refractivity contribution in [2.24, 2.45) is 0 Å². The molecule has 0 heterocycles. The summed E-state index contributed by atoms with van der Waals surface area (Å²) < 4.78 is 39.7. The molecule has 2 aromatic carbocycles. The van der Waals surface area contributed by atoms with Crippen molar-refractivity contribution < 1.29 is 17.7 Å². The van der Waals surface area contributed by atoms with Crippen molar-refractivity contribution >= 4 is 15.7 Å². The van der Waals surface area contributed by atoms with E-state index in [9.17, 15) is 22.9 Å². The third-order valence-corrected chi connectivity index (χ3v) is 4.43. The van der Waals surface area contributed by atoms with E-state index < -0.39 is 26.5 Å². The second-order valence-corrected chi connectivity index (χ2v) is 6.27. The van der Waals surface area contributed by atoms with Crippen molar-refractivity contribution in [1.82, 2.24) is 4.72 Å². The Hall–Kier alpha value is -2.32. The first-order valence-corrected chi connectivity index (χ1v) is 7.86. The van der Waals surface area contributed by atoms with Crippen LogP contribution < -0.4 is 4.72 Å². The summed E-state index contributed by atoms with van der Waals surface area (Å²) in [5.41, 5.74) is 0.0845. The van der Waals surface area contributed by atoms with Crippen molar-refractivity contribution in [1.29, 1.82) is 0 Å². The molecule has 6 nitrogen and oxygen atoms in total. The number of hydrogen-bond acceptors (Lipinski definition) is 4. The van der Waals surface area contributed by atoms with Gasteiger partial charge in [-0.1, -0.05) is 30.3 Å². The number of hydrogen-bond donors (Lipinski definition) is 1. The lowest BCUT2D eigenvalue weighted by Gasteiger charge is -2.07. The van der Waals surface area contributed by atoms with Gasteiger partial charge in [0.2, 0.25) is 15.8 Å². The van der Waals surface area contributed by atoms with Crippen LogP contribution in [0.3, 0.4) is 0 Å². The molecule has 8 heteroatoms. The molecule has 22 heavy (non-hydrogen) atoms. The van der Waals surface area contributed by atoms with Gasteiger partial charge in [-0.15, -0.1) is 0 Å². The lowest BCUT2D eigenvalue weighted by molar-refractivity contribution is -0.387. The van der Waals surface area contributed by atoms with Gasteiger partial charge in [0, 0.05) is 12.6 Å². The van der Waals surface area contributed by atoms with Crippen LogP contribution in [-0.2, 0) is 16.4 Å². The molecule has 1 N–H and O–H groups in total. The Labute approximate surface area is 126 Å². The summed E-state index contributed by atoms with van der Waals surface area (Å²) in [5.74, 6) is -1.08. The highest BCUT2D eigenvalue weighted by molar-refractivity contribution is 7.89.